The fourth-order valence-electron chi connectivity index (χ4n) is 2.67. The standard InChI is InChI=1S/C15H28N2S/c1-12-5-7-15(8-6-12)11-18-13(17-15)16-10-9-14(2,3)4/h12H,5-11H2,1-4H3,(H,16,17). The molecule has 1 saturated carbocycles. The van der Waals surface area contributed by atoms with E-state index in [9.17, 15) is 0 Å². The van der Waals surface area contributed by atoms with Crippen molar-refractivity contribution in [2.24, 2.45) is 16.3 Å². The number of hydrogen-bond acceptors (Lipinski definition) is 2. The Labute approximate surface area is 116 Å². The molecule has 1 N–H and O–H groups in total. The fourth-order valence-corrected chi connectivity index (χ4v) is 3.91. The third-order valence-electron chi connectivity index (χ3n) is 4.21. The van der Waals surface area contributed by atoms with E-state index in [0.29, 0.717) is 11.0 Å². The van der Waals surface area contributed by atoms with Crippen LogP contribution in [0.5, 0.6) is 0 Å². The summed E-state index contributed by atoms with van der Waals surface area (Å²) in [7, 11) is 0. The Morgan fingerprint density at radius 3 is 2.61 bits per heavy atom. The average molecular weight is 268 g/mol. The van der Waals surface area contributed by atoms with E-state index in [1.165, 1.54) is 43.0 Å². The quantitative estimate of drug-likeness (QED) is 0.816. The fraction of sp³-hybridized carbons (Fsp3) is 0.933. The van der Waals surface area contributed by atoms with E-state index in [1.54, 1.807) is 0 Å². The van der Waals surface area contributed by atoms with Crippen molar-refractivity contribution in [3.05, 3.63) is 0 Å². The number of rotatable bonds is 2. The molecule has 1 spiro atoms. The van der Waals surface area contributed by atoms with Gasteiger partial charge >= 0.3 is 0 Å². The van der Waals surface area contributed by atoms with Gasteiger partial charge in [-0.15, -0.1) is 0 Å². The van der Waals surface area contributed by atoms with Crippen LogP contribution in [0.2, 0.25) is 0 Å². The van der Waals surface area contributed by atoms with Gasteiger partial charge in [-0.25, -0.2) is 0 Å². The Hall–Kier alpha value is -0.180. The Morgan fingerprint density at radius 2 is 2.00 bits per heavy atom. The van der Waals surface area contributed by atoms with Crippen LogP contribution in [0.25, 0.3) is 0 Å². The monoisotopic (exact) mass is 268 g/mol. The second-order valence-corrected chi connectivity index (χ2v) is 8.34. The first-order valence-corrected chi connectivity index (χ1v) is 8.33. The van der Waals surface area contributed by atoms with Crippen molar-refractivity contribution in [3.63, 3.8) is 0 Å². The molecular formula is C15H28N2S. The van der Waals surface area contributed by atoms with Crippen LogP contribution in [-0.4, -0.2) is 23.0 Å². The van der Waals surface area contributed by atoms with Crippen LogP contribution in [0.4, 0.5) is 0 Å². The highest BCUT2D eigenvalue weighted by Crippen LogP contribution is 2.38. The summed E-state index contributed by atoms with van der Waals surface area (Å²) in [6.45, 7) is 10.2. The van der Waals surface area contributed by atoms with Gasteiger partial charge in [-0.1, -0.05) is 39.5 Å². The number of nitrogens with zero attached hydrogens (tertiary/aromatic N) is 1. The molecule has 18 heavy (non-hydrogen) atoms. The number of thioether (sulfide) groups is 1. The zero-order valence-electron chi connectivity index (χ0n) is 12.4. The van der Waals surface area contributed by atoms with E-state index in [2.05, 4.69) is 33.0 Å². The van der Waals surface area contributed by atoms with Crippen molar-refractivity contribution in [1.29, 1.82) is 0 Å². The minimum Gasteiger partial charge on any atom is -0.359 e. The lowest BCUT2D eigenvalue weighted by atomic mass is 9.78. The summed E-state index contributed by atoms with van der Waals surface area (Å²) >= 11 is 1.94. The predicted molar refractivity (Wildman–Crippen MR) is 82.3 cm³/mol. The number of nitrogens with one attached hydrogen (secondary N) is 1. The van der Waals surface area contributed by atoms with Gasteiger partial charge < -0.3 is 5.32 Å². The summed E-state index contributed by atoms with van der Waals surface area (Å²) in [5.41, 5.74) is 0.781. The van der Waals surface area contributed by atoms with Gasteiger partial charge in [0.05, 0.1) is 0 Å². The first kappa shape index (κ1) is 14.2. The highest BCUT2D eigenvalue weighted by Gasteiger charge is 2.39. The molecule has 2 aliphatic rings. The van der Waals surface area contributed by atoms with Crippen molar-refractivity contribution in [2.75, 3.05) is 12.3 Å². The molecule has 0 atom stereocenters. The van der Waals surface area contributed by atoms with E-state index >= 15 is 0 Å². The Morgan fingerprint density at radius 1 is 1.33 bits per heavy atom. The molecule has 0 unspecified atom stereocenters. The van der Waals surface area contributed by atoms with Crippen LogP contribution in [0.15, 0.2) is 4.99 Å². The van der Waals surface area contributed by atoms with Gasteiger partial charge in [0.2, 0.25) is 0 Å². The molecule has 1 heterocycles. The summed E-state index contributed by atoms with van der Waals surface area (Å²) in [6, 6.07) is 0. The van der Waals surface area contributed by atoms with Gasteiger partial charge in [0.15, 0.2) is 5.17 Å². The van der Waals surface area contributed by atoms with Gasteiger partial charge in [-0.2, -0.15) is 0 Å². The predicted octanol–water partition coefficient (Wildman–Crippen LogP) is 4.06. The number of hydrogen-bond donors (Lipinski definition) is 1. The zero-order valence-corrected chi connectivity index (χ0v) is 13.2. The summed E-state index contributed by atoms with van der Waals surface area (Å²) in [5, 5.41) is 4.93. The van der Waals surface area contributed by atoms with E-state index in [0.717, 1.165) is 12.5 Å². The van der Waals surface area contributed by atoms with Gasteiger partial charge in [-0.05, 0) is 43.4 Å². The molecule has 1 saturated heterocycles. The molecule has 2 fully saturated rings. The topological polar surface area (TPSA) is 24.4 Å². The third kappa shape index (κ3) is 3.91. The smallest absolute Gasteiger partial charge is 0.157 e. The maximum Gasteiger partial charge on any atom is 0.157 e. The molecular weight excluding hydrogens is 240 g/mol. The van der Waals surface area contributed by atoms with Gasteiger partial charge in [-0.3, -0.25) is 4.99 Å². The lowest BCUT2D eigenvalue weighted by Gasteiger charge is -2.35. The molecule has 0 amide bonds. The molecule has 3 heteroatoms. The summed E-state index contributed by atoms with van der Waals surface area (Å²) < 4.78 is 0. The number of amidine groups is 1. The van der Waals surface area contributed by atoms with Crippen molar-refractivity contribution in [2.45, 2.75) is 65.3 Å². The Balaban J connectivity index is 1.82. The van der Waals surface area contributed by atoms with Gasteiger partial charge in [0.1, 0.15) is 0 Å². The zero-order chi connectivity index (χ0) is 13.2. The molecule has 1 aliphatic carbocycles. The molecule has 0 aromatic heterocycles. The highest BCUT2D eigenvalue weighted by molar-refractivity contribution is 8.14. The second kappa shape index (κ2) is 5.44. The van der Waals surface area contributed by atoms with Crippen molar-refractivity contribution < 1.29 is 0 Å². The van der Waals surface area contributed by atoms with Gasteiger partial charge in [0, 0.05) is 17.8 Å². The maximum atomic E-state index is 4.75. The lowest BCUT2D eigenvalue weighted by molar-refractivity contribution is 0.250. The molecule has 0 aromatic carbocycles. The summed E-state index contributed by atoms with van der Waals surface area (Å²) in [5.74, 6) is 2.15. The SMILES string of the molecule is CC1CCC2(CC1)CSC(=NCCC(C)(C)C)N2. The van der Waals surface area contributed by atoms with Crippen molar-refractivity contribution in [3.8, 4) is 0 Å². The van der Waals surface area contributed by atoms with Crippen molar-refractivity contribution in [1.82, 2.24) is 5.32 Å². The van der Waals surface area contributed by atoms with E-state index in [-0.39, 0.29) is 0 Å². The molecule has 0 radical (unpaired) electrons. The van der Waals surface area contributed by atoms with Gasteiger partial charge in [0.25, 0.3) is 0 Å². The lowest BCUT2D eigenvalue weighted by Crippen LogP contribution is -2.46. The van der Waals surface area contributed by atoms with Crippen LogP contribution in [0, 0.1) is 11.3 Å². The Kier molecular flexibility index (Phi) is 4.30. The summed E-state index contributed by atoms with van der Waals surface area (Å²) in [4.78, 5) is 4.75. The molecule has 0 aromatic rings. The Bertz CT molecular complexity index is 309. The second-order valence-electron chi connectivity index (χ2n) is 7.37. The molecule has 0 bridgehead atoms. The van der Waals surface area contributed by atoms with Crippen LogP contribution < -0.4 is 5.32 Å². The van der Waals surface area contributed by atoms with E-state index < -0.39 is 0 Å². The third-order valence-corrected chi connectivity index (χ3v) is 5.41. The van der Waals surface area contributed by atoms with E-state index in [1.807, 2.05) is 11.8 Å². The average Bonchev–Trinajstić information content (AvgIpc) is 2.65. The van der Waals surface area contributed by atoms with Crippen LogP contribution >= 0.6 is 11.8 Å². The largest absolute Gasteiger partial charge is 0.359 e. The number of aliphatic imine (C=N–C) groups is 1. The van der Waals surface area contributed by atoms with Crippen LogP contribution in [-0.2, 0) is 0 Å². The maximum absolute atomic E-state index is 4.75. The highest BCUT2D eigenvalue weighted by atomic mass is 32.2. The minimum atomic E-state index is 0.387. The van der Waals surface area contributed by atoms with Crippen molar-refractivity contribution >= 4 is 16.9 Å². The molecule has 2 nitrogen and oxygen atoms in total. The van der Waals surface area contributed by atoms with Crippen LogP contribution in [0.1, 0.15) is 59.8 Å². The first-order valence-electron chi connectivity index (χ1n) is 7.34. The van der Waals surface area contributed by atoms with E-state index in [4.69, 9.17) is 4.99 Å². The van der Waals surface area contributed by atoms with Crippen LogP contribution in [0.3, 0.4) is 0 Å². The first-order chi connectivity index (χ1) is 8.39. The summed E-state index contributed by atoms with van der Waals surface area (Å²) in [6.07, 6.45) is 6.59. The molecule has 2 rings (SSSR count). The molecule has 1 aliphatic heterocycles. The minimum absolute atomic E-state index is 0.387. The normalized spacial score (nSPS) is 35.1. The molecule has 104 valence electrons.